The van der Waals surface area contributed by atoms with Crippen molar-refractivity contribution in [2.24, 2.45) is 5.92 Å². The number of amides is 3. The fourth-order valence-electron chi connectivity index (χ4n) is 3.67. The summed E-state index contributed by atoms with van der Waals surface area (Å²) in [5, 5.41) is -0.177. The SMILES string of the molecule is CC1CCc2sc(C(=O)NNC3CC(=O)N(c4ccc(F)c(Cl)c4)C3=O)cc2C1. The van der Waals surface area contributed by atoms with Crippen molar-refractivity contribution in [2.75, 3.05) is 4.90 Å². The van der Waals surface area contributed by atoms with Crippen LogP contribution in [0.1, 0.15) is 39.9 Å². The fourth-order valence-corrected chi connectivity index (χ4v) is 4.95. The predicted molar refractivity (Wildman–Crippen MR) is 108 cm³/mol. The Morgan fingerprint density at radius 3 is 2.83 bits per heavy atom. The van der Waals surface area contributed by atoms with Gasteiger partial charge < -0.3 is 0 Å². The number of nitrogens with zero attached hydrogens (tertiary/aromatic N) is 1. The van der Waals surface area contributed by atoms with Crippen molar-refractivity contribution in [3.63, 3.8) is 0 Å². The second-order valence-electron chi connectivity index (χ2n) is 7.43. The van der Waals surface area contributed by atoms with Gasteiger partial charge in [0.05, 0.1) is 22.0 Å². The highest BCUT2D eigenvalue weighted by molar-refractivity contribution is 7.14. The Balaban J connectivity index is 1.41. The molecule has 1 fully saturated rings. The minimum atomic E-state index is -0.898. The van der Waals surface area contributed by atoms with Crippen LogP contribution in [0, 0.1) is 11.7 Å². The van der Waals surface area contributed by atoms with Gasteiger partial charge >= 0.3 is 0 Å². The van der Waals surface area contributed by atoms with E-state index in [9.17, 15) is 18.8 Å². The van der Waals surface area contributed by atoms with E-state index >= 15 is 0 Å². The summed E-state index contributed by atoms with van der Waals surface area (Å²) in [6.07, 6.45) is 2.95. The molecular weight excluding hydrogens is 417 g/mol. The van der Waals surface area contributed by atoms with Gasteiger partial charge in [-0.05, 0) is 55.0 Å². The Bertz CT molecular complexity index is 1010. The van der Waals surface area contributed by atoms with Crippen LogP contribution in [0.3, 0.4) is 0 Å². The molecule has 2 aliphatic rings. The lowest BCUT2D eigenvalue weighted by molar-refractivity contribution is -0.121. The Morgan fingerprint density at radius 1 is 1.28 bits per heavy atom. The first-order valence-electron chi connectivity index (χ1n) is 9.32. The summed E-state index contributed by atoms with van der Waals surface area (Å²) in [5.41, 5.74) is 6.61. The molecule has 2 unspecified atom stereocenters. The Hall–Kier alpha value is -2.29. The lowest BCUT2D eigenvalue weighted by Crippen LogP contribution is -2.48. The van der Waals surface area contributed by atoms with E-state index in [1.807, 2.05) is 6.07 Å². The Morgan fingerprint density at radius 2 is 2.07 bits per heavy atom. The molecule has 2 atom stereocenters. The monoisotopic (exact) mass is 435 g/mol. The Labute approximate surface area is 176 Å². The number of hydrogen-bond donors (Lipinski definition) is 2. The van der Waals surface area contributed by atoms with Crippen molar-refractivity contribution in [1.82, 2.24) is 10.9 Å². The summed E-state index contributed by atoms with van der Waals surface area (Å²) >= 11 is 7.22. The molecule has 9 heteroatoms. The summed E-state index contributed by atoms with van der Waals surface area (Å²) in [6, 6.07) is 4.64. The smallest absolute Gasteiger partial charge is 0.275 e. The zero-order valence-corrected chi connectivity index (χ0v) is 17.2. The molecule has 4 rings (SSSR count). The topological polar surface area (TPSA) is 78.5 Å². The van der Waals surface area contributed by atoms with Crippen LogP contribution >= 0.6 is 22.9 Å². The highest BCUT2D eigenvalue weighted by Gasteiger charge is 2.40. The van der Waals surface area contributed by atoms with E-state index in [4.69, 9.17) is 11.6 Å². The maximum Gasteiger partial charge on any atom is 0.275 e. The van der Waals surface area contributed by atoms with Crippen LogP contribution in [0.15, 0.2) is 24.3 Å². The minimum Gasteiger partial charge on any atom is -0.286 e. The average molecular weight is 436 g/mol. The van der Waals surface area contributed by atoms with E-state index in [0.717, 1.165) is 30.2 Å². The lowest BCUT2D eigenvalue weighted by Gasteiger charge is -2.16. The third kappa shape index (κ3) is 3.92. The molecule has 29 heavy (non-hydrogen) atoms. The third-order valence-corrected chi connectivity index (χ3v) is 6.75. The van der Waals surface area contributed by atoms with E-state index in [2.05, 4.69) is 17.8 Å². The van der Waals surface area contributed by atoms with E-state index < -0.39 is 23.7 Å². The maximum atomic E-state index is 13.4. The molecule has 2 aromatic rings. The summed E-state index contributed by atoms with van der Waals surface area (Å²) in [4.78, 5) is 40.2. The number of rotatable bonds is 4. The predicted octanol–water partition coefficient (Wildman–Crippen LogP) is 3.23. The number of benzene rings is 1. The number of hydrazine groups is 1. The first kappa shape index (κ1) is 20.0. The number of imide groups is 1. The first-order chi connectivity index (χ1) is 13.8. The second-order valence-corrected chi connectivity index (χ2v) is 8.97. The zero-order chi connectivity index (χ0) is 20.7. The van der Waals surface area contributed by atoms with Gasteiger partial charge in [0, 0.05) is 4.88 Å². The standard InChI is InChI=1S/C20H19ClFN3O3S/c1-10-2-5-16-11(6-10)7-17(29-16)19(27)24-23-15-9-18(26)25(20(15)28)12-3-4-14(22)13(21)8-12/h3-4,7-8,10,15,23H,2,5-6,9H2,1H3,(H,24,27). The van der Waals surface area contributed by atoms with Crippen LogP contribution in [0.25, 0.3) is 0 Å². The number of hydrogen-bond acceptors (Lipinski definition) is 5. The third-order valence-electron chi connectivity index (χ3n) is 5.22. The molecule has 6 nitrogen and oxygen atoms in total. The van der Waals surface area contributed by atoms with Gasteiger partial charge in [0.2, 0.25) is 5.91 Å². The van der Waals surface area contributed by atoms with Crippen LogP contribution < -0.4 is 15.8 Å². The average Bonchev–Trinajstić information content (AvgIpc) is 3.22. The van der Waals surface area contributed by atoms with Crippen LogP contribution in [0.4, 0.5) is 10.1 Å². The van der Waals surface area contributed by atoms with Crippen molar-refractivity contribution in [2.45, 2.75) is 38.6 Å². The van der Waals surface area contributed by atoms with E-state index in [-0.39, 0.29) is 23.0 Å². The van der Waals surface area contributed by atoms with Crippen molar-refractivity contribution in [3.8, 4) is 0 Å². The van der Waals surface area contributed by atoms with Gasteiger partial charge in [0.15, 0.2) is 0 Å². The molecule has 1 aliphatic heterocycles. The molecule has 0 spiro atoms. The summed E-state index contributed by atoms with van der Waals surface area (Å²) in [6.45, 7) is 2.20. The largest absolute Gasteiger partial charge is 0.286 e. The van der Waals surface area contributed by atoms with E-state index in [1.54, 1.807) is 0 Å². The van der Waals surface area contributed by atoms with Crippen molar-refractivity contribution >= 4 is 46.3 Å². The number of carbonyl (C=O) groups excluding carboxylic acids is 3. The normalized spacial score (nSPS) is 21.4. The van der Waals surface area contributed by atoms with Gasteiger partial charge in [-0.3, -0.25) is 19.8 Å². The second kappa shape index (κ2) is 7.85. The molecule has 3 amide bonds. The molecule has 0 saturated carbocycles. The number of aryl methyl sites for hydroxylation is 1. The number of nitrogens with one attached hydrogen (secondary N) is 2. The lowest BCUT2D eigenvalue weighted by atomic mass is 9.90. The fraction of sp³-hybridized carbons (Fsp3) is 0.350. The summed E-state index contributed by atoms with van der Waals surface area (Å²) in [5.74, 6) is -1.34. The molecule has 1 aromatic carbocycles. The molecule has 1 aliphatic carbocycles. The van der Waals surface area contributed by atoms with Gasteiger partial charge in [-0.15, -0.1) is 11.3 Å². The number of halogens is 2. The molecule has 0 radical (unpaired) electrons. The molecule has 152 valence electrons. The van der Waals surface area contributed by atoms with Crippen molar-refractivity contribution in [3.05, 3.63) is 50.4 Å². The van der Waals surface area contributed by atoms with Gasteiger partial charge in [-0.1, -0.05) is 18.5 Å². The molecule has 0 bridgehead atoms. The maximum absolute atomic E-state index is 13.4. The molecule has 2 N–H and O–H groups in total. The number of thiophene rings is 1. The van der Waals surface area contributed by atoms with Crippen LogP contribution in [0.5, 0.6) is 0 Å². The van der Waals surface area contributed by atoms with Crippen LogP contribution in [-0.4, -0.2) is 23.8 Å². The van der Waals surface area contributed by atoms with E-state index in [0.29, 0.717) is 10.8 Å². The highest BCUT2D eigenvalue weighted by Crippen LogP contribution is 2.32. The number of fused-ring (bicyclic) bond motifs is 1. The summed E-state index contributed by atoms with van der Waals surface area (Å²) < 4.78 is 13.4. The van der Waals surface area contributed by atoms with Crippen molar-refractivity contribution in [1.29, 1.82) is 0 Å². The van der Waals surface area contributed by atoms with Gasteiger partial charge in [-0.25, -0.2) is 14.7 Å². The summed E-state index contributed by atoms with van der Waals surface area (Å²) in [7, 11) is 0. The zero-order valence-electron chi connectivity index (χ0n) is 15.6. The van der Waals surface area contributed by atoms with Gasteiger partial charge in [-0.2, -0.15) is 0 Å². The molecule has 1 aromatic heterocycles. The minimum absolute atomic E-state index is 0.118. The molecule has 1 saturated heterocycles. The molecular formula is C20H19ClFN3O3S. The van der Waals surface area contributed by atoms with Gasteiger partial charge in [0.25, 0.3) is 11.8 Å². The molecule has 2 heterocycles. The number of carbonyl (C=O) groups is 3. The number of anilines is 1. The van der Waals surface area contributed by atoms with Crippen molar-refractivity contribution < 1.29 is 18.8 Å². The Kier molecular flexibility index (Phi) is 5.42. The highest BCUT2D eigenvalue weighted by atomic mass is 35.5. The van der Waals surface area contributed by atoms with Crippen LogP contribution in [-0.2, 0) is 22.4 Å². The quantitative estimate of drug-likeness (QED) is 0.571. The van der Waals surface area contributed by atoms with E-state index in [1.165, 1.54) is 33.9 Å². The first-order valence-corrected chi connectivity index (χ1v) is 10.5. The van der Waals surface area contributed by atoms with Gasteiger partial charge in [0.1, 0.15) is 11.9 Å². The van der Waals surface area contributed by atoms with Crippen LogP contribution in [0.2, 0.25) is 5.02 Å².